The van der Waals surface area contributed by atoms with E-state index in [9.17, 15) is 9.59 Å². The molecule has 1 aliphatic heterocycles. The molecular formula is C24H48GeN4O5Si4. The van der Waals surface area contributed by atoms with E-state index in [0.717, 1.165) is 5.56 Å². The van der Waals surface area contributed by atoms with Crippen molar-refractivity contribution in [2.75, 3.05) is 14.2 Å². The first-order valence-electron chi connectivity index (χ1n) is 13.0. The standard InChI is InChI=1S/C24H48GeN4O5Si4/c1-32-23(30)21(24(31)33-2)26-27-22(20-18-16-15-17-19-20)34-25(27,28(35(3,4)5)36(6,7)8)29(37(9,10)11)38(12,13)14/h15-19,22H,1-14H3. The summed E-state index contributed by atoms with van der Waals surface area (Å²) in [5.74, 6) is -1.63. The van der Waals surface area contributed by atoms with Crippen LogP contribution in [0.1, 0.15) is 11.8 Å². The zero-order valence-corrected chi connectivity index (χ0v) is 31.9. The fraction of sp³-hybridized carbons (Fsp3) is 0.625. The van der Waals surface area contributed by atoms with Crippen LogP contribution in [0, 0.1) is 0 Å². The zero-order chi connectivity index (χ0) is 29.5. The molecule has 0 radical (unpaired) electrons. The summed E-state index contributed by atoms with van der Waals surface area (Å²) in [5, 5.41) is 4.90. The second kappa shape index (κ2) is 11.4. The number of esters is 2. The second-order valence-electron chi connectivity index (χ2n) is 13.6. The molecule has 1 unspecified atom stereocenters. The molecule has 214 valence electrons. The maximum absolute atomic E-state index is 12.9. The Labute approximate surface area is 237 Å². The molecule has 1 saturated heterocycles. The Morgan fingerprint density at radius 2 is 1.13 bits per heavy atom. The van der Waals surface area contributed by atoms with Crippen LogP contribution < -0.4 is 0 Å². The van der Waals surface area contributed by atoms with Crippen LogP contribution >= 0.6 is 0 Å². The van der Waals surface area contributed by atoms with Crippen molar-refractivity contribution in [1.29, 1.82) is 0 Å². The Hall–Kier alpha value is -1.08. The van der Waals surface area contributed by atoms with Gasteiger partial charge >= 0.3 is 238 Å². The molecule has 1 fully saturated rings. The first kappa shape index (κ1) is 33.1. The summed E-state index contributed by atoms with van der Waals surface area (Å²) < 4.78 is 25.0. The van der Waals surface area contributed by atoms with Crippen LogP contribution in [0.5, 0.6) is 0 Å². The monoisotopic (exact) mass is 658 g/mol. The SMILES string of the molecule is COC(=O)C(=N[N]1C(c2ccccc2)[O][Ge]1([N]([Si](C)(C)C)[Si](C)(C)C)[N]([Si](C)(C)C)[Si](C)(C)C)C(=O)OC. The molecule has 1 aromatic carbocycles. The van der Waals surface area contributed by atoms with Gasteiger partial charge in [-0.15, -0.1) is 0 Å². The van der Waals surface area contributed by atoms with Crippen LogP contribution in [0.2, 0.25) is 78.6 Å². The molecular weight excluding hydrogens is 609 g/mol. The van der Waals surface area contributed by atoms with Gasteiger partial charge in [0.25, 0.3) is 0 Å². The molecule has 1 aromatic rings. The summed E-state index contributed by atoms with van der Waals surface area (Å²) in [7, 11) is -5.61. The van der Waals surface area contributed by atoms with Crippen molar-refractivity contribution in [1.82, 2.24) is 10.3 Å². The van der Waals surface area contributed by atoms with Crippen molar-refractivity contribution in [2.45, 2.75) is 84.8 Å². The summed E-state index contributed by atoms with van der Waals surface area (Å²) in [6, 6.07) is 9.93. The van der Waals surface area contributed by atoms with Gasteiger partial charge in [0.1, 0.15) is 0 Å². The Balaban J connectivity index is 3.09. The summed E-state index contributed by atoms with van der Waals surface area (Å²) in [4.78, 5) is 25.8. The molecule has 0 bridgehead atoms. The van der Waals surface area contributed by atoms with Gasteiger partial charge in [0.15, 0.2) is 0 Å². The van der Waals surface area contributed by atoms with Crippen molar-refractivity contribution >= 4 is 64.9 Å². The van der Waals surface area contributed by atoms with E-state index in [1.165, 1.54) is 14.2 Å². The van der Waals surface area contributed by atoms with Gasteiger partial charge in [-0.3, -0.25) is 0 Å². The number of rotatable bonds is 10. The maximum atomic E-state index is 12.9. The van der Waals surface area contributed by atoms with Crippen LogP contribution in [0.3, 0.4) is 0 Å². The van der Waals surface area contributed by atoms with Gasteiger partial charge < -0.3 is 0 Å². The minimum absolute atomic E-state index is 0.355. The first-order chi connectivity index (χ1) is 17.1. The second-order valence-corrected chi connectivity index (χ2v) is 43.1. The quantitative estimate of drug-likeness (QED) is 0.149. The molecule has 0 amide bonds. The molecule has 38 heavy (non-hydrogen) atoms. The number of hydrogen-bond donors (Lipinski definition) is 0. The van der Waals surface area contributed by atoms with Crippen molar-refractivity contribution in [3.63, 3.8) is 0 Å². The number of nitrogens with zero attached hydrogens (tertiary/aromatic N) is 4. The van der Waals surface area contributed by atoms with Crippen LogP contribution in [-0.2, 0) is 22.8 Å². The average Bonchev–Trinajstić information content (AvgIpc) is 2.73. The number of ether oxygens (including phenoxy) is 2. The van der Waals surface area contributed by atoms with Crippen LogP contribution in [0.25, 0.3) is 0 Å². The molecule has 9 nitrogen and oxygen atoms in total. The predicted octanol–water partition coefficient (Wildman–Crippen LogP) is 5.10. The fourth-order valence-corrected chi connectivity index (χ4v) is 59.2. The zero-order valence-electron chi connectivity index (χ0n) is 25.8. The topological polar surface area (TPSA) is 83.9 Å². The predicted molar refractivity (Wildman–Crippen MR) is 166 cm³/mol. The third-order valence-electron chi connectivity index (χ3n) is 6.11. The van der Waals surface area contributed by atoms with Crippen molar-refractivity contribution < 1.29 is 22.8 Å². The molecule has 0 aliphatic carbocycles. The van der Waals surface area contributed by atoms with Gasteiger partial charge in [-0.05, 0) is 0 Å². The Morgan fingerprint density at radius 1 is 0.763 bits per heavy atom. The number of methoxy groups -OCH3 is 2. The van der Waals surface area contributed by atoms with Crippen molar-refractivity contribution in [3.05, 3.63) is 35.9 Å². The average molecular weight is 658 g/mol. The normalized spacial score (nSPS) is 18.2. The van der Waals surface area contributed by atoms with Gasteiger partial charge in [0.2, 0.25) is 0 Å². The number of hydrazone groups is 1. The number of carbonyl (C=O) groups excluding carboxylic acids is 2. The number of carbonyl (C=O) groups is 2. The van der Waals surface area contributed by atoms with E-state index < -0.39 is 65.4 Å². The van der Waals surface area contributed by atoms with Crippen molar-refractivity contribution in [3.8, 4) is 0 Å². The van der Waals surface area contributed by atoms with Gasteiger partial charge in [-0.1, -0.05) is 0 Å². The van der Waals surface area contributed by atoms with Crippen LogP contribution in [0.4, 0.5) is 0 Å². The molecule has 0 spiro atoms. The molecule has 1 heterocycles. The van der Waals surface area contributed by atoms with Crippen LogP contribution in [0.15, 0.2) is 35.4 Å². The van der Waals surface area contributed by atoms with E-state index >= 15 is 0 Å². The molecule has 0 N–H and O–H groups in total. The van der Waals surface area contributed by atoms with Gasteiger partial charge in [0.05, 0.1) is 0 Å². The van der Waals surface area contributed by atoms with E-state index in [4.69, 9.17) is 18.3 Å². The summed E-state index contributed by atoms with van der Waals surface area (Å²) >= 11 is -4.02. The molecule has 0 saturated carbocycles. The number of benzene rings is 1. The third-order valence-corrected chi connectivity index (χ3v) is 48.0. The van der Waals surface area contributed by atoms with E-state index in [0.29, 0.717) is 0 Å². The first-order valence-corrected chi connectivity index (χ1v) is 30.5. The van der Waals surface area contributed by atoms with E-state index in [1.807, 2.05) is 34.3 Å². The molecule has 2 rings (SSSR count). The van der Waals surface area contributed by atoms with E-state index in [2.05, 4.69) is 84.9 Å². The molecule has 14 heteroatoms. The Morgan fingerprint density at radius 3 is 1.45 bits per heavy atom. The molecule has 1 atom stereocenters. The summed E-state index contributed by atoms with van der Waals surface area (Å²) in [6.45, 7) is 28.4. The van der Waals surface area contributed by atoms with Gasteiger partial charge in [-0.2, -0.15) is 0 Å². The van der Waals surface area contributed by atoms with Crippen molar-refractivity contribution in [2.24, 2.45) is 5.10 Å². The number of hydrogen-bond acceptors (Lipinski definition) is 9. The van der Waals surface area contributed by atoms with E-state index in [-0.39, 0.29) is 5.71 Å². The summed E-state index contributed by atoms with van der Waals surface area (Å²) in [5.41, 5.74) is 0.579. The van der Waals surface area contributed by atoms with Crippen LogP contribution in [-0.4, -0.2) is 89.4 Å². The third kappa shape index (κ3) is 6.62. The Bertz CT molecular complexity index is 971. The van der Waals surface area contributed by atoms with Gasteiger partial charge in [0, 0.05) is 0 Å². The Kier molecular flexibility index (Phi) is 9.96. The molecule has 1 aliphatic rings. The molecule has 0 aromatic heterocycles. The summed E-state index contributed by atoms with van der Waals surface area (Å²) in [6.07, 6.45) is -0.522. The van der Waals surface area contributed by atoms with Gasteiger partial charge in [-0.25, -0.2) is 0 Å². The minimum atomic E-state index is -4.02. The fourth-order valence-electron chi connectivity index (χ4n) is 5.94. The van der Waals surface area contributed by atoms with E-state index in [1.54, 1.807) is 0 Å².